The van der Waals surface area contributed by atoms with Crippen molar-refractivity contribution >= 4 is 59.1 Å². The second kappa shape index (κ2) is 34.8. The normalized spacial score (nSPS) is 28.0. The number of amides is 10. The average molecular weight is 1210 g/mol. The molecule has 0 aromatic carbocycles. The van der Waals surface area contributed by atoms with E-state index in [1.165, 1.54) is 80.8 Å². The molecule has 0 radical (unpaired) electrons. The van der Waals surface area contributed by atoms with Crippen LogP contribution in [0.1, 0.15) is 163 Å². The number of carbonyl (C=O) groups excluding carboxylic acids is 10. The van der Waals surface area contributed by atoms with Gasteiger partial charge in [-0.1, -0.05) is 111 Å². The van der Waals surface area contributed by atoms with E-state index in [1.54, 1.807) is 48.5 Å². The maximum Gasteiger partial charge on any atom is 0.246 e. The van der Waals surface area contributed by atoms with E-state index in [9.17, 15) is 43.8 Å². The third-order valence-electron chi connectivity index (χ3n) is 16.4. The van der Waals surface area contributed by atoms with Gasteiger partial charge in [0.25, 0.3) is 0 Å². The molecule has 0 aliphatic carbocycles. The molecular weight excluding hydrogens is 1090 g/mol. The number of carbonyl (C=O) groups is 10. The highest BCUT2D eigenvalue weighted by molar-refractivity contribution is 5.98. The topological polar surface area (TPSA) is 282 Å². The van der Waals surface area contributed by atoms with Crippen LogP contribution >= 0.6 is 0 Å². The van der Waals surface area contributed by atoms with E-state index >= 15 is 14.4 Å². The molecule has 23 heteroatoms. The first-order valence-electron chi connectivity index (χ1n) is 30.9. The minimum atomic E-state index is -1.58. The molecule has 0 bridgehead atoms. The third-order valence-corrected chi connectivity index (χ3v) is 16.4. The first-order valence-corrected chi connectivity index (χ1v) is 30.9. The quantitative estimate of drug-likeness (QED) is 0.138. The van der Waals surface area contributed by atoms with E-state index in [-0.39, 0.29) is 61.7 Å². The molecule has 1 heterocycles. The molecule has 10 amide bonds. The summed E-state index contributed by atoms with van der Waals surface area (Å²) in [6.45, 7) is 31.8. The zero-order valence-electron chi connectivity index (χ0n) is 56.6. The number of rotatable bonds is 15. The second-order valence-electron chi connectivity index (χ2n) is 27.1. The standard InChI is InChI=1S/C62H115N11O12/c1-26-43-58(81)67(19)32-48(74)68(20)44(28-34(4)5)55(78)66-49(38(12)13)61(84)69(21)45(29-35(6)7)54(77)63-41(17)53(76)64-42(18)57(80)70(22)46(30-36(8)9)59(82)71(23)47(31-37(10)11)60(83)72(24)50(39(14)15)62(85)73(25)51(56(79)65-43)52(75)40(16)27-33(2)3/h33-47,49-52,57,75,80H,26-32H2,1-25H3,(H,63,77)(H,64,76)(H,65,79)(H,66,78)/t40-,41+,42-,43+,44+,45+,46+,47+,49+,50+,51+,52-,57?/m1/s1. The van der Waals surface area contributed by atoms with Gasteiger partial charge < -0.3 is 60.9 Å². The molecule has 85 heavy (non-hydrogen) atoms. The van der Waals surface area contributed by atoms with Crippen molar-refractivity contribution in [1.29, 1.82) is 0 Å². The minimum Gasteiger partial charge on any atom is -0.390 e. The van der Waals surface area contributed by atoms with Gasteiger partial charge in [0.2, 0.25) is 59.1 Å². The number of likely N-dealkylation sites (N-methyl/N-ethyl adjacent to an activating group) is 7. The Kier molecular flexibility index (Phi) is 31.8. The SMILES string of the molecule is CC[C@@H]1NC(=O)[C@H]([C@H](O)[C@H](C)CC(C)C)N(C)C(=O)[C@H](C(C)C)N(C)C(=O)[C@H](CC(C)C)N(C)C(=O)[C@H](CC(C)C)N(C)C(O)[C@@H](C)NC(=O)[C@H](C)NC(=O)[C@H](CC(C)C)N(C)C(=O)[C@H](C(C)C)NC(=O)[C@H](CC(C)C)N(C)C(=O)CN(C)C1=O. The summed E-state index contributed by atoms with van der Waals surface area (Å²) in [5.41, 5.74) is 0. The fraction of sp³-hybridized carbons (Fsp3) is 0.839. The lowest BCUT2D eigenvalue weighted by Crippen LogP contribution is -2.63. The van der Waals surface area contributed by atoms with E-state index in [0.717, 1.165) is 9.80 Å². The maximum atomic E-state index is 15.2. The molecule has 1 aliphatic heterocycles. The van der Waals surface area contributed by atoms with Gasteiger partial charge in [0.15, 0.2) is 0 Å². The summed E-state index contributed by atoms with van der Waals surface area (Å²) in [4.78, 5) is 155. The summed E-state index contributed by atoms with van der Waals surface area (Å²) in [5.74, 6) is -8.54. The van der Waals surface area contributed by atoms with Crippen LogP contribution < -0.4 is 21.3 Å². The van der Waals surface area contributed by atoms with Crippen LogP contribution in [0.3, 0.4) is 0 Å². The monoisotopic (exact) mass is 1210 g/mol. The largest absolute Gasteiger partial charge is 0.390 e. The van der Waals surface area contributed by atoms with Crippen molar-refractivity contribution in [3.8, 4) is 0 Å². The van der Waals surface area contributed by atoms with E-state index in [1.807, 2.05) is 69.2 Å². The molecular formula is C62H115N11O12. The molecule has 6 N–H and O–H groups in total. The molecule has 23 nitrogen and oxygen atoms in total. The Balaban J connectivity index is 4.32. The van der Waals surface area contributed by atoms with E-state index in [2.05, 4.69) is 21.3 Å². The summed E-state index contributed by atoms with van der Waals surface area (Å²) < 4.78 is 0. The van der Waals surface area contributed by atoms with Gasteiger partial charge in [-0.05, 0) is 107 Å². The Hall–Kier alpha value is -5.42. The van der Waals surface area contributed by atoms with Gasteiger partial charge in [0.05, 0.1) is 24.7 Å². The summed E-state index contributed by atoms with van der Waals surface area (Å²) in [6.07, 6.45) is -1.71. The van der Waals surface area contributed by atoms with Crippen LogP contribution in [0.2, 0.25) is 0 Å². The lowest BCUT2D eigenvalue weighted by atomic mass is 9.88. The predicted octanol–water partition coefficient (Wildman–Crippen LogP) is 3.14. The van der Waals surface area contributed by atoms with Crippen LogP contribution in [-0.4, -0.2) is 232 Å². The summed E-state index contributed by atoms with van der Waals surface area (Å²) in [5, 5.41) is 35.2. The smallest absolute Gasteiger partial charge is 0.246 e. The van der Waals surface area contributed by atoms with E-state index in [0.29, 0.717) is 6.42 Å². The lowest BCUT2D eigenvalue weighted by Gasteiger charge is -2.42. The molecule has 0 aromatic heterocycles. The number of nitrogens with one attached hydrogen (secondary N) is 4. The van der Waals surface area contributed by atoms with Gasteiger partial charge >= 0.3 is 0 Å². The number of aliphatic hydroxyl groups is 2. The molecule has 13 atom stereocenters. The highest BCUT2D eigenvalue weighted by Crippen LogP contribution is 2.27. The van der Waals surface area contributed by atoms with Gasteiger partial charge in [0.1, 0.15) is 54.6 Å². The summed E-state index contributed by atoms with van der Waals surface area (Å²) in [7, 11) is 10.1. The van der Waals surface area contributed by atoms with Gasteiger partial charge in [-0.2, -0.15) is 0 Å². The Morgan fingerprint density at radius 2 is 0.894 bits per heavy atom. The molecule has 1 aliphatic rings. The molecule has 1 fully saturated rings. The van der Waals surface area contributed by atoms with Crippen LogP contribution in [0.5, 0.6) is 0 Å². The Morgan fingerprint density at radius 3 is 1.35 bits per heavy atom. The molecule has 1 unspecified atom stereocenters. The number of hydrogen-bond donors (Lipinski definition) is 6. The van der Waals surface area contributed by atoms with Crippen LogP contribution in [0.25, 0.3) is 0 Å². The van der Waals surface area contributed by atoms with Crippen LogP contribution in [0.4, 0.5) is 0 Å². The summed E-state index contributed by atoms with van der Waals surface area (Å²) >= 11 is 0. The minimum absolute atomic E-state index is 0.0350. The van der Waals surface area contributed by atoms with Crippen LogP contribution in [-0.2, 0) is 47.9 Å². The average Bonchev–Trinajstić information content (AvgIpc) is 2.65. The Bertz CT molecular complexity index is 2240. The lowest BCUT2D eigenvalue weighted by molar-refractivity contribution is -0.158. The predicted molar refractivity (Wildman–Crippen MR) is 329 cm³/mol. The van der Waals surface area contributed by atoms with Crippen molar-refractivity contribution in [2.24, 2.45) is 47.3 Å². The van der Waals surface area contributed by atoms with E-state index in [4.69, 9.17) is 0 Å². The molecule has 0 spiro atoms. The summed E-state index contributed by atoms with van der Waals surface area (Å²) in [6, 6.07) is -11.8. The maximum absolute atomic E-state index is 15.2. The van der Waals surface area contributed by atoms with Crippen LogP contribution in [0.15, 0.2) is 0 Å². The first kappa shape index (κ1) is 77.6. The van der Waals surface area contributed by atoms with Crippen LogP contribution in [0, 0.1) is 47.3 Å². The van der Waals surface area contributed by atoms with E-state index < -0.39 is 156 Å². The van der Waals surface area contributed by atoms with Gasteiger partial charge in [0, 0.05) is 42.3 Å². The van der Waals surface area contributed by atoms with Crippen molar-refractivity contribution in [2.75, 3.05) is 55.9 Å². The number of aliphatic hydroxyl groups excluding tert-OH is 2. The van der Waals surface area contributed by atoms with Crippen molar-refractivity contribution < 1.29 is 58.2 Å². The van der Waals surface area contributed by atoms with Crippen molar-refractivity contribution in [3.63, 3.8) is 0 Å². The van der Waals surface area contributed by atoms with Gasteiger partial charge in [-0.3, -0.25) is 52.8 Å². The zero-order chi connectivity index (χ0) is 66.1. The molecule has 1 saturated heterocycles. The van der Waals surface area contributed by atoms with Gasteiger partial charge in [-0.15, -0.1) is 0 Å². The molecule has 1 rings (SSSR count). The molecule has 0 aromatic rings. The number of nitrogens with zero attached hydrogens (tertiary/aromatic N) is 7. The second-order valence-corrected chi connectivity index (χ2v) is 27.1. The van der Waals surface area contributed by atoms with Gasteiger partial charge in [-0.25, -0.2) is 0 Å². The highest BCUT2D eigenvalue weighted by Gasteiger charge is 2.46. The van der Waals surface area contributed by atoms with Crippen molar-refractivity contribution in [1.82, 2.24) is 55.6 Å². The van der Waals surface area contributed by atoms with Crippen molar-refractivity contribution in [3.05, 3.63) is 0 Å². The molecule has 490 valence electrons. The fourth-order valence-corrected chi connectivity index (χ4v) is 11.2. The zero-order valence-corrected chi connectivity index (χ0v) is 56.6. The fourth-order valence-electron chi connectivity index (χ4n) is 11.2. The first-order chi connectivity index (χ1) is 39.1. The van der Waals surface area contributed by atoms with Crippen molar-refractivity contribution in [2.45, 2.75) is 236 Å². The third kappa shape index (κ3) is 22.0. The Labute approximate surface area is 510 Å². The molecule has 0 saturated carbocycles. The number of hydrogen-bond acceptors (Lipinski definition) is 13. The Morgan fingerprint density at radius 1 is 0.459 bits per heavy atom. The highest BCUT2D eigenvalue weighted by atomic mass is 16.3.